The summed E-state index contributed by atoms with van der Waals surface area (Å²) in [5, 5.41) is 15.6. The maximum atomic E-state index is 12.1. The maximum absolute atomic E-state index is 12.1. The van der Waals surface area contributed by atoms with Crippen LogP contribution in [0.15, 0.2) is 60.0 Å². The number of amides is 1. The summed E-state index contributed by atoms with van der Waals surface area (Å²) in [7, 11) is 0. The molecule has 0 aliphatic heterocycles. The average Bonchev–Trinajstić information content (AvgIpc) is 3.14. The van der Waals surface area contributed by atoms with Crippen molar-refractivity contribution in [3.8, 4) is 5.69 Å². The minimum atomic E-state index is -0.364. The zero-order valence-corrected chi connectivity index (χ0v) is 13.5. The van der Waals surface area contributed by atoms with Gasteiger partial charge in [-0.2, -0.15) is 5.10 Å². The zero-order valence-electron chi connectivity index (χ0n) is 12.7. The van der Waals surface area contributed by atoms with Crippen molar-refractivity contribution in [3.05, 3.63) is 71.0 Å². The molecule has 0 saturated heterocycles. The smallest absolute Gasteiger partial charge is 0.267 e. The summed E-state index contributed by atoms with van der Waals surface area (Å²) in [5.74, 6) is -0.364. The predicted molar refractivity (Wildman–Crippen MR) is 90.3 cm³/mol. The predicted octanol–water partition coefficient (Wildman–Crippen LogP) is 2.47. The first-order valence-electron chi connectivity index (χ1n) is 7.08. The average molecular weight is 341 g/mol. The van der Waals surface area contributed by atoms with Gasteiger partial charge in [0.2, 0.25) is 0 Å². The van der Waals surface area contributed by atoms with E-state index in [0.717, 1.165) is 11.3 Å². The molecule has 0 radical (unpaired) electrons. The van der Waals surface area contributed by atoms with Gasteiger partial charge in [-0.1, -0.05) is 35.9 Å². The van der Waals surface area contributed by atoms with Crippen LogP contribution < -0.4 is 5.43 Å². The molecule has 0 atom stereocenters. The van der Waals surface area contributed by atoms with Crippen LogP contribution >= 0.6 is 11.6 Å². The van der Waals surface area contributed by atoms with E-state index in [1.54, 1.807) is 35.9 Å². The van der Waals surface area contributed by atoms with Crippen molar-refractivity contribution in [1.82, 2.24) is 25.6 Å². The molecule has 1 amide bonds. The third kappa shape index (κ3) is 3.47. The van der Waals surface area contributed by atoms with Gasteiger partial charge in [0.1, 0.15) is 6.33 Å². The molecule has 1 aromatic heterocycles. The minimum Gasteiger partial charge on any atom is -0.267 e. The van der Waals surface area contributed by atoms with Crippen LogP contribution in [0.2, 0.25) is 5.02 Å². The molecule has 2 aromatic carbocycles. The summed E-state index contributed by atoms with van der Waals surface area (Å²) in [5.41, 5.74) is 5.16. The van der Waals surface area contributed by atoms with Crippen molar-refractivity contribution in [2.75, 3.05) is 0 Å². The number of hydrogen-bond donors (Lipinski definition) is 1. The van der Waals surface area contributed by atoms with E-state index in [-0.39, 0.29) is 5.91 Å². The monoisotopic (exact) mass is 340 g/mol. The van der Waals surface area contributed by atoms with Crippen LogP contribution in [0, 0.1) is 0 Å². The number of halogens is 1. The Morgan fingerprint density at radius 2 is 2.04 bits per heavy atom. The fourth-order valence-electron chi connectivity index (χ4n) is 2.06. The Kier molecular flexibility index (Phi) is 4.62. The van der Waals surface area contributed by atoms with E-state index in [9.17, 15) is 4.79 Å². The van der Waals surface area contributed by atoms with Crippen LogP contribution in [-0.2, 0) is 0 Å². The lowest BCUT2D eigenvalue weighted by atomic mass is 10.1. The highest BCUT2D eigenvalue weighted by Crippen LogP contribution is 2.14. The van der Waals surface area contributed by atoms with Gasteiger partial charge in [0.25, 0.3) is 5.91 Å². The number of benzene rings is 2. The second-order valence-corrected chi connectivity index (χ2v) is 5.33. The first-order valence-corrected chi connectivity index (χ1v) is 7.46. The molecule has 0 fully saturated rings. The van der Waals surface area contributed by atoms with Crippen LogP contribution in [0.25, 0.3) is 5.69 Å². The van der Waals surface area contributed by atoms with Crippen LogP contribution in [0.4, 0.5) is 0 Å². The number of rotatable bonds is 4. The molecule has 8 heteroatoms. The summed E-state index contributed by atoms with van der Waals surface area (Å²) >= 11 is 6.00. The Labute approximate surface area is 143 Å². The largest absolute Gasteiger partial charge is 0.272 e. The molecule has 120 valence electrons. The van der Waals surface area contributed by atoms with Gasteiger partial charge in [-0.3, -0.25) is 4.79 Å². The van der Waals surface area contributed by atoms with Gasteiger partial charge in [-0.15, -0.1) is 5.10 Å². The van der Waals surface area contributed by atoms with Gasteiger partial charge >= 0.3 is 0 Å². The molecule has 3 aromatic rings. The molecule has 0 spiro atoms. The van der Waals surface area contributed by atoms with Crippen LogP contribution in [0.5, 0.6) is 0 Å². The molecule has 0 unspecified atom stereocenters. The van der Waals surface area contributed by atoms with E-state index in [0.29, 0.717) is 16.3 Å². The summed E-state index contributed by atoms with van der Waals surface area (Å²) < 4.78 is 1.54. The van der Waals surface area contributed by atoms with Crippen molar-refractivity contribution >= 4 is 23.2 Å². The molecular formula is C16H13ClN6O. The number of tetrazole rings is 1. The summed E-state index contributed by atoms with van der Waals surface area (Å²) in [6, 6.07) is 14.3. The van der Waals surface area contributed by atoms with Crippen LogP contribution in [-0.4, -0.2) is 31.8 Å². The zero-order chi connectivity index (χ0) is 16.9. The standard InChI is InChI=1S/C16H13ClN6O/c1-11(19-20-16(24)14-7-2-3-8-15(14)17)12-5-4-6-13(9-12)23-10-18-21-22-23/h2-10H,1H3,(H,20,24). The Hall–Kier alpha value is -3.06. The van der Waals surface area contributed by atoms with E-state index in [1.807, 2.05) is 24.3 Å². The highest BCUT2D eigenvalue weighted by atomic mass is 35.5. The van der Waals surface area contributed by atoms with Crippen molar-refractivity contribution in [2.24, 2.45) is 5.10 Å². The van der Waals surface area contributed by atoms with Gasteiger partial charge in [0, 0.05) is 0 Å². The van der Waals surface area contributed by atoms with Crippen molar-refractivity contribution in [3.63, 3.8) is 0 Å². The van der Waals surface area contributed by atoms with Gasteiger partial charge in [0.05, 0.1) is 22.0 Å². The quantitative estimate of drug-likeness (QED) is 0.584. The first kappa shape index (κ1) is 15.8. The molecule has 3 rings (SSSR count). The summed E-state index contributed by atoms with van der Waals surface area (Å²) in [4.78, 5) is 12.1. The molecule has 0 saturated carbocycles. The van der Waals surface area contributed by atoms with Gasteiger partial charge in [-0.05, 0) is 47.2 Å². The molecule has 0 bridgehead atoms. The topological polar surface area (TPSA) is 85.1 Å². The fourth-order valence-corrected chi connectivity index (χ4v) is 2.28. The summed E-state index contributed by atoms with van der Waals surface area (Å²) in [6.07, 6.45) is 1.50. The molecule has 0 aliphatic rings. The fraction of sp³-hybridized carbons (Fsp3) is 0.0625. The highest BCUT2D eigenvalue weighted by Gasteiger charge is 2.09. The van der Waals surface area contributed by atoms with E-state index in [4.69, 9.17) is 11.6 Å². The third-order valence-electron chi connectivity index (χ3n) is 3.32. The second-order valence-electron chi connectivity index (χ2n) is 4.92. The number of hydrogen-bond acceptors (Lipinski definition) is 5. The van der Waals surface area contributed by atoms with Crippen molar-refractivity contribution in [2.45, 2.75) is 6.92 Å². The Morgan fingerprint density at radius 1 is 1.21 bits per heavy atom. The Balaban J connectivity index is 1.78. The number of nitrogens with one attached hydrogen (secondary N) is 1. The normalized spacial score (nSPS) is 11.3. The summed E-state index contributed by atoms with van der Waals surface area (Å²) in [6.45, 7) is 1.80. The lowest BCUT2D eigenvalue weighted by molar-refractivity contribution is 0.0955. The first-order chi connectivity index (χ1) is 11.6. The number of carbonyl (C=O) groups excluding carboxylic acids is 1. The van der Waals surface area contributed by atoms with Crippen molar-refractivity contribution < 1.29 is 4.79 Å². The SMILES string of the molecule is CC(=NNC(=O)c1ccccc1Cl)c1cccc(-n2cnnn2)c1. The minimum absolute atomic E-state index is 0.364. The lowest BCUT2D eigenvalue weighted by Gasteiger charge is -2.06. The molecule has 24 heavy (non-hydrogen) atoms. The number of hydrazone groups is 1. The molecule has 7 nitrogen and oxygen atoms in total. The highest BCUT2D eigenvalue weighted by molar-refractivity contribution is 6.33. The number of carbonyl (C=O) groups is 1. The van der Waals surface area contributed by atoms with Gasteiger partial charge in [-0.25, -0.2) is 10.1 Å². The molecule has 0 aliphatic carbocycles. The van der Waals surface area contributed by atoms with Gasteiger partial charge < -0.3 is 0 Å². The Bertz CT molecular complexity index is 891. The Morgan fingerprint density at radius 3 is 2.79 bits per heavy atom. The lowest BCUT2D eigenvalue weighted by Crippen LogP contribution is -2.19. The molecule has 1 heterocycles. The maximum Gasteiger partial charge on any atom is 0.272 e. The number of nitrogens with zero attached hydrogens (tertiary/aromatic N) is 5. The van der Waals surface area contributed by atoms with Crippen LogP contribution in [0.3, 0.4) is 0 Å². The van der Waals surface area contributed by atoms with Crippen LogP contribution in [0.1, 0.15) is 22.8 Å². The van der Waals surface area contributed by atoms with Crippen molar-refractivity contribution in [1.29, 1.82) is 0 Å². The third-order valence-corrected chi connectivity index (χ3v) is 3.65. The van der Waals surface area contributed by atoms with E-state index >= 15 is 0 Å². The molecular weight excluding hydrogens is 328 g/mol. The second kappa shape index (κ2) is 7.01. The van der Waals surface area contributed by atoms with E-state index in [1.165, 1.54) is 6.33 Å². The number of aromatic nitrogens is 4. The van der Waals surface area contributed by atoms with E-state index < -0.39 is 0 Å². The van der Waals surface area contributed by atoms with Gasteiger partial charge in [0.15, 0.2) is 0 Å². The molecule has 1 N–H and O–H groups in total. The van der Waals surface area contributed by atoms with E-state index in [2.05, 4.69) is 26.1 Å².